The zero-order chi connectivity index (χ0) is 9.26. The highest BCUT2D eigenvalue weighted by atomic mass is 16.4. The highest BCUT2D eigenvalue weighted by molar-refractivity contribution is 5.82. The molecule has 1 saturated carbocycles. The highest BCUT2D eigenvalue weighted by Crippen LogP contribution is 2.39. The molecule has 0 aromatic heterocycles. The second-order valence-electron chi connectivity index (χ2n) is 3.22. The standard InChI is InChI=1S/C11H10O2/c12-11(13)10-7-9(10)6-8-4-2-1-3-5-8/h1-6,10H,7H2,(H,12,13)/b9-6+. The van der Waals surface area contributed by atoms with Gasteiger partial charge < -0.3 is 5.11 Å². The Labute approximate surface area is 76.5 Å². The van der Waals surface area contributed by atoms with Crippen LogP contribution < -0.4 is 0 Å². The van der Waals surface area contributed by atoms with E-state index in [2.05, 4.69) is 0 Å². The van der Waals surface area contributed by atoms with Crippen LogP contribution >= 0.6 is 0 Å². The van der Waals surface area contributed by atoms with Crippen LogP contribution in [0.5, 0.6) is 0 Å². The minimum absolute atomic E-state index is 0.222. The van der Waals surface area contributed by atoms with Crippen molar-refractivity contribution in [1.82, 2.24) is 0 Å². The molecule has 66 valence electrons. The van der Waals surface area contributed by atoms with E-state index in [9.17, 15) is 4.79 Å². The Morgan fingerprint density at radius 1 is 1.38 bits per heavy atom. The van der Waals surface area contributed by atoms with Crippen LogP contribution in [0.3, 0.4) is 0 Å². The molecule has 0 amide bonds. The quantitative estimate of drug-likeness (QED) is 0.746. The number of carbonyl (C=O) groups is 1. The minimum Gasteiger partial charge on any atom is -0.481 e. The van der Waals surface area contributed by atoms with Crippen LogP contribution in [-0.2, 0) is 4.79 Å². The van der Waals surface area contributed by atoms with Crippen molar-refractivity contribution >= 4 is 12.0 Å². The Balaban J connectivity index is 2.12. The zero-order valence-corrected chi connectivity index (χ0v) is 7.10. The molecule has 2 heteroatoms. The summed E-state index contributed by atoms with van der Waals surface area (Å²) < 4.78 is 0. The highest BCUT2D eigenvalue weighted by Gasteiger charge is 2.36. The first-order chi connectivity index (χ1) is 6.27. The number of hydrogen-bond donors (Lipinski definition) is 1. The Morgan fingerprint density at radius 2 is 2.08 bits per heavy atom. The van der Waals surface area contributed by atoms with Crippen LogP contribution in [0.25, 0.3) is 6.08 Å². The topological polar surface area (TPSA) is 37.3 Å². The second kappa shape index (κ2) is 3.05. The van der Waals surface area contributed by atoms with Crippen molar-refractivity contribution in [3.8, 4) is 0 Å². The van der Waals surface area contributed by atoms with E-state index < -0.39 is 5.97 Å². The maximum atomic E-state index is 10.5. The molecule has 1 aliphatic carbocycles. The van der Waals surface area contributed by atoms with E-state index in [4.69, 9.17) is 5.11 Å². The molecule has 0 aliphatic heterocycles. The predicted octanol–water partition coefficient (Wildman–Crippen LogP) is 2.17. The van der Waals surface area contributed by atoms with Crippen LogP contribution in [-0.4, -0.2) is 11.1 Å². The molecular weight excluding hydrogens is 164 g/mol. The molecule has 1 aromatic rings. The fourth-order valence-corrected chi connectivity index (χ4v) is 1.35. The van der Waals surface area contributed by atoms with Crippen LogP contribution in [0.4, 0.5) is 0 Å². The van der Waals surface area contributed by atoms with Crippen molar-refractivity contribution in [2.45, 2.75) is 6.42 Å². The minimum atomic E-state index is -0.706. The van der Waals surface area contributed by atoms with E-state index in [-0.39, 0.29) is 5.92 Å². The third-order valence-electron chi connectivity index (χ3n) is 2.18. The smallest absolute Gasteiger partial charge is 0.310 e. The molecule has 0 heterocycles. The Kier molecular flexibility index (Phi) is 1.89. The summed E-state index contributed by atoms with van der Waals surface area (Å²) in [4.78, 5) is 10.5. The Morgan fingerprint density at radius 3 is 2.62 bits per heavy atom. The number of benzene rings is 1. The van der Waals surface area contributed by atoms with E-state index >= 15 is 0 Å². The van der Waals surface area contributed by atoms with E-state index in [0.29, 0.717) is 6.42 Å². The summed E-state index contributed by atoms with van der Waals surface area (Å²) in [6, 6.07) is 9.80. The summed E-state index contributed by atoms with van der Waals surface area (Å²) >= 11 is 0. The largest absolute Gasteiger partial charge is 0.481 e. The molecule has 0 saturated heterocycles. The number of carboxylic acid groups (broad SMARTS) is 1. The number of carboxylic acids is 1. The summed E-state index contributed by atoms with van der Waals surface area (Å²) in [7, 11) is 0. The van der Waals surface area contributed by atoms with Crippen molar-refractivity contribution in [3.05, 3.63) is 41.5 Å². The van der Waals surface area contributed by atoms with Gasteiger partial charge in [-0.1, -0.05) is 42.0 Å². The van der Waals surface area contributed by atoms with E-state index in [1.807, 2.05) is 36.4 Å². The monoisotopic (exact) mass is 174 g/mol. The van der Waals surface area contributed by atoms with Crippen molar-refractivity contribution in [3.63, 3.8) is 0 Å². The van der Waals surface area contributed by atoms with Crippen LogP contribution in [0.2, 0.25) is 0 Å². The molecule has 0 spiro atoms. The van der Waals surface area contributed by atoms with Crippen molar-refractivity contribution in [2.24, 2.45) is 5.92 Å². The Hall–Kier alpha value is -1.57. The average Bonchev–Trinajstić information content (AvgIpc) is 2.86. The SMILES string of the molecule is O=C(O)C1C/C1=C\c1ccccc1. The molecular formula is C11H10O2. The lowest BCUT2D eigenvalue weighted by Gasteiger charge is -1.89. The van der Waals surface area contributed by atoms with Gasteiger partial charge in [-0.25, -0.2) is 0 Å². The molecule has 0 radical (unpaired) electrons. The van der Waals surface area contributed by atoms with Crippen LogP contribution in [0.1, 0.15) is 12.0 Å². The molecule has 1 aliphatic rings. The first-order valence-corrected chi connectivity index (χ1v) is 4.25. The lowest BCUT2D eigenvalue weighted by molar-refractivity contribution is -0.138. The molecule has 0 bridgehead atoms. The van der Waals surface area contributed by atoms with Gasteiger partial charge >= 0.3 is 5.97 Å². The van der Waals surface area contributed by atoms with Gasteiger partial charge in [-0.3, -0.25) is 4.79 Å². The maximum absolute atomic E-state index is 10.5. The first-order valence-electron chi connectivity index (χ1n) is 4.25. The lowest BCUT2D eigenvalue weighted by Crippen LogP contribution is -1.95. The summed E-state index contributed by atoms with van der Waals surface area (Å²) in [6.07, 6.45) is 2.67. The molecule has 2 nitrogen and oxygen atoms in total. The van der Waals surface area contributed by atoms with Gasteiger partial charge in [0.25, 0.3) is 0 Å². The second-order valence-corrected chi connectivity index (χ2v) is 3.22. The Bertz CT molecular complexity index is 352. The number of hydrogen-bond acceptors (Lipinski definition) is 1. The number of aliphatic carboxylic acids is 1. The third kappa shape index (κ3) is 1.78. The molecule has 1 atom stereocenters. The van der Waals surface area contributed by atoms with Gasteiger partial charge in [-0.2, -0.15) is 0 Å². The lowest BCUT2D eigenvalue weighted by atomic mass is 10.2. The van der Waals surface area contributed by atoms with Gasteiger partial charge in [0.15, 0.2) is 0 Å². The van der Waals surface area contributed by atoms with Gasteiger partial charge in [0.2, 0.25) is 0 Å². The van der Waals surface area contributed by atoms with E-state index in [0.717, 1.165) is 11.1 Å². The number of rotatable bonds is 2. The summed E-state index contributed by atoms with van der Waals surface area (Å²) in [5.74, 6) is -0.928. The third-order valence-corrected chi connectivity index (χ3v) is 2.18. The molecule has 1 aromatic carbocycles. The summed E-state index contributed by atoms with van der Waals surface area (Å²) in [6.45, 7) is 0. The first kappa shape index (κ1) is 8.05. The molecule has 1 fully saturated rings. The zero-order valence-electron chi connectivity index (χ0n) is 7.10. The summed E-state index contributed by atoms with van der Waals surface area (Å²) in [5.41, 5.74) is 2.11. The normalized spacial score (nSPS) is 23.1. The van der Waals surface area contributed by atoms with Gasteiger partial charge in [-0.05, 0) is 12.0 Å². The van der Waals surface area contributed by atoms with Gasteiger partial charge in [0, 0.05) is 0 Å². The van der Waals surface area contributed by atoms with Crippen molar-refractivity contribution in [2.75, 3.05) is 0 Å². The molecule has 1 N–H and O–H groups in total. The van der Waals surface area contributed by atoms with Crippen LogP contribution in [0, 0.1) is 5.92 Å². The summed E-state index contributed by atoms with van der Waals surface area (Å²) in [5, 5.41) is 8.66. The van der Waals surface area contributed by atoms with Gasteiger partial charge in [-0.15, -0.1) is 0 Å². The average molecular weight is 174 g/mol. The van der Waals surface area contributed by atoms with Crippen molar-refractivity contribution < 1.29 is 9.90 Å². The van der Waals surface area contributed by atoms with E-state index in [1.165, 1.54) is 0 Å². The maximum Gasteiger partial charge on any atom is 0.310 e. The molecule has 2 rings (SSSR count). The van der Waals surface area contributed by atoms with Crippen LogP contribution in [0.15, 0.2) is 35.9 Å². The molecule has 13 heavy (non-hydrogen) atoms. The van der Waals surface area contributed by atoms with Gasteiger partial charge in [0.05, 0.1) is 5.92 Å². The molecule has 1 unspecified atom stereocenters. The van der Waals surface area contributed by atoms with E-state index in [1.54, 1.807) is 0 Å². The van der Waals surface area contributed by atoms with Gasteiger partial charge in [0.1, 0.15) is 0 Å². The fourth-order valence-electron chi connectivity index (χ4n) is 1.35. The van der Waals surface area contributed by atoms with Crippen molar-refractivity contribution in [1.29, 1.82) is 0 Å². The predicted molar refractivity (Wildman–Crippen MR) is 50.2 cm³/mol. The fraction of sp³-hybridized carbons (Fsp3) is 0.182.